The molecule has 1 aromatic heterocycles. The average molecular weight is 329 g/mol. The Balaban J connectivity index is 2.32. The fourth-order valence-corrected chi connectivity index (χ4v) is 2.57. The van der Waals surface area contributed by atoms with Crippen molar-refractivity contribution < 1.29 is 4.74 Å². The second kappa shape index (κ2) is 8.38. The first-order valence-electron chi connectivity index (χ1n) is 8.44. The molecule has 130 valence electrons. The first-order chi connectivity index (χ1) is 11.6. The van der Waals surface area contributed by atoms with E-state index in [4.69, 9.17) is 10.5 Å². The van der Waals surface area contributed by atoms with Gasteiger partial charge in [-0.1, -0.05) is 13.3 Å². The maximum Gasteiger partial charge on any atom is 0.229 e. The van der Waals surface area contributed by atoms with Crippen LogP contribution in [-0.4, -0.2) is 30.2 Å². The second-order valence-electron chi connectivity index (χ2n) is 5.55. The van der Waals surface area contributed by atoms with Gasteiger partial charge in [-0.3, -0.25) is 0 Å². The summed E-state index contributed by atoms with van der Waals surface area (Å²) in [5.74, 6) is 2.19. The zero-order chi connectivity index (χ0) is 17.5. The van der Waals surface area contributed by atoms with Crippen molar-refractivity contribution in [3.63, 3.8) is 0 Å². The lowest BCUT2D eigenvalue weighted by atomic mass is 10.2. The van der Waals surface area contributed by atoms with Crippen molar-refractivity contribution >= 4 is 23.1 Å². The highest BCUT2D eigenvalue weighted by molar-refractivity contribution is 5.65. The Morgan fingerprint density at radius 3 is 2.46 bits per heavy atom. The molecule has 0 aliphatic heterocycles. The van der Waals surface area contributed by atoms with Crippen molar-refractivity contribution in [1.82, 2.24) is 9.97 Å². The molecular weight excluding hydrogens is 302 g/mol. The number of aromatic nitrogens is 2. The Morgan fingerprint density at radius 2 is 1.88 bits per heavy atom. The summed E-state index contributed by atoms with van der Waals surface area (Å²) in [6, 6.07) is 7.64. The number of aryl methyl sites for hydroxylation is 1. The van der Waals surface area contributed by atoms with E-state index in [1.54, 1.807) is 7.11 Å². The number of anilines is 4. The van der Waals surface area contributed by atoms with Gasteiger partial charge in [0.1, 0.15) is 11.6 Å². The number of methoxy groups -OCH3 is 1. The molecule has 3 N–H and O–H groups in total. The molecule has 0 atom stereocenters. The summed E-state index contributed by atoms with van der Waals surface area (Å²) in [6.45, 7) is 8.23. The van der Waals surface area contributed by atoms with Crippen LogP contribution in [0.2, 0.25) is 0 Å². The Labute approximate surface area is 144 Å². The molecule has 0 bridgehead atoms. The molecule has 24 heavy (non-hydrogen) atoms. The number of nitrogens with one attached hydrogen (secondary N) is 1. The normalized spacial score (nSPS) is 10.5. The van der Waals surface area contributed by atoms with Crippen LogP contribution in [-0.2, 0) is 6.42 Å². The Hall–Kier alpha value is -2.50. The second-order valence-corrected chi connectivity index (χ2v) is 5.55. The van der Waals surface area contributed by atoms with Crippen LogP contribution in [0.3, 0.4) is 0 Å². The smallest absolute Gasteiger partial charge is 0.229 e. The quantitative estimate of drug-likeness (QED) is 0.721. The molecule has 2 rings (SSSR count). The van der Waals surface area contributed by atoms with Crippen LogP contribution in [0, 0.1) is 0 Å². The van der Waals surface area contributed by atoms with Gasteiger partial charge in [-0.05, 0) is 38.5 Å². The van der Waals surface area contributed by atoms with Crippen LogP contribution < -0.4 is 20.7 Å². The van der Waals surface area contributed by atoms with Gasteiger partial charge in [0.2, 0.25) is 5.95 Å². The van der Waals surface area contributed by atoms with Gasteiger partial charge in [-0.15, -0.1) is 0 Å². The van der Waals surface area contributed by atoms with E-state index in [1.807, 2.05) is 18.2 Å². The third kappa shape index (κ3) is 4.28. The summed E-state index contributed by atoms with van der Waals surface area (Å²) in [6.07, 6.45) is 1.97. The van der Waals surface area contributed by atoms with Gasteiger partial charge >= 0.3 is 0 Å². The highest BCUT2D eigenvalue weighted by Gasteiger charge is 2.10. The lowest BCUT2D eigenvalue weighted by Crippen LogP contribution is -2.23. The first-order valence-corrected chi connectivity index (χ1v) is 8.44. The van der Waals surface area contributed by atoms with Crippen molar-refractivity contribution in [3.05, 3.63) is 30.0 Å². The number of nitrogens with two attached hydrogens (primary N) is 1. The predicted octanol–water partition coefficient (Wildman–Crippen LogP) is 3.61. The van der Waals surface area contributed by atoms with Crippen LogP contribution in [0.5, 0.6) is 5.75 Å². The first kappa shape index (κ1) is 17.8. The summed E-state index contributed by atoms with van der Waals surface area (Å²) in [4.78, 5) is 11.5. The highest BCUT2D eigenvalue weighted by atomic mass is 16.5. The van der Waals surface area contributed by atoms with E-state index in [0.717, 1.165) is 43.1 Å². The van der Waals surface area contributed by atoms with Crippen molar-refractivity contribution in [2.45, 2.75) is 33.6 Å². The zero-order valence-corrected chi connectivity index (χ0v) is 15.0. The Bertz CT molecular complexity index is 670. The van der Waals surface area contributed by atoms with E-state index in [-0.39, 0.29) is 0 Å². The van der Waals surface area contributed by atoms with Crippen LogP contribution in [0.25, 0.3) is 0 Å². The molecule has 0 fully saturated rings. The van der Waals surface area contributed by atoms with Crippen molar-refractivity contribution in [2.24, 2.45) is 0 Å². The highest BCUT2D eigenvalue weighted by Crippen LogP contribution is 2.26. The van der Waals surface area contributed by atoms with Gasteiger partial charge in [-0.25, -0.2) is 4.98 Å². The van der Waals surface area contributed by atoms with E-state index in [9.17, 15) is 0 Å². The number of nitrogens with zero attached hydrogens (tertiary/aromatic N) is 3. The molecule has 0 aliphatic rings. The van der Waals surface area contributed by atoms with Crippen molar-refractivity contribution in [2.75, 3.05) is 36.1 Å². The molecule has 0 spiro atoms. The van der Waals surface area contributed by atoms with E-state index < -0.39 is 0 Å². The molecule has 0 unspecified atom stereocenters. The maximum atomic E-state index is 5.97. The van der Waals surface area contributed by atoms with E-state index in [1.165, 1.54) is 0 Å². The van der Waals surface area contributed by atoms with Gasteiger partial charge < -0.3 is 20.7 Å². The monoisotopic (exact) mass is 329 g/mol. The molecule has 2 aromatic rings. The van der Waals surface area contributed by atoms with Gasteiger partial charge in [0.05, 0.1) is 12.8 Å². The number of nitrogen functional groups attached to an aromatic ring is 1. The van der Waals surface area contributed by atoms with Gasteiger partial charge in [0.25, 0.3) is 0 Å². The molecule has 0 amide bonds. The Kier molecular flexibility index (Phi) is 6.23. The van der Waals surface area contributed by atoms with Gasteiger partial charge in [0.15, 0.2) is 0 Å². The van der Waals surface area contributed by atoms with Gasteiger partial charge in [-0.2, -0.15) is 4.98 Å². The molecule has 0 radical (unpaired) electrons. The fourth-order valence-electron chi connectivity index (χ4n) is 2.57. The number of ether oxygens (including phenoxy) is 1. The van der Waals surface area contributed by atoms with E-state index >= 15 is 0 Å². The fraction of sp³-hybridized carbons (Fsp3) is 0.444. The third-order valence-corrected chi connectivity index (χ3v) is 3.85. The number of hydrogen-bond acceptors (Lipinski definition) is 6. The van der Waals surface area contributed by atoms with E-state index in [2.05, 4.69) is 47.0 Å². The molecule has 1 heterocycles. The summed E-state index contributed by atoms with van der Waals surface area (Å²) in [5.41, 5.74) is 8.43. The molecule has 0 aliphatic carbocycles. The Morgan fingerprint density at radius 1 is 1.12 bits per heavy atom. The minimum atomic E-state index is 0.580. The summed E-state index contributed by atoms with van der Waals surface area (Å²) < 4.78 is 5.19. The zero-order valence-electron chi connectivity index (χ0n) is 15.0. The maximum absolute atomic E-state index is 5.97. The minimum Gasteiger partial charge on any atom is -0.495 e. The predicted molar refractivity (Wildman–Crippen MR) is 100 cm³/mol. The molecule has 0 saturated carbocycles. The lowest BCUT2D eigenvalue weighted by molar-refractivity contribution is 0.417. The standard InChI is InChI=1S/C18H27N5O/c1-5-8-13-12-17(23(6-2)7-3)22-18(20-13)21-14-9-10-16(24-4)15(19)11-14/h9-12H,5-8,19H2,1-4H3,(H,20,21,22). The van der Waals surface area contributed by atoms with Gasteiger partial charge in [0, 0.05) is 30.5 Å². The summed E-state index contributed by atoms with van der Waals surface area (Å²) in [5, 5.41) is 3.25. The number of rotatable bonds is 8. The van der Waals surface area contributed by atoms with E-state index in [0.29, 0.717) is 17.4 Å². The van der Waals surface area contributed by atoms with Crippen molar-refractivity contribution in [1.29, 1.82) is 0 Å². The molecular formula is C18H27N5O. The topological polar surface area (TPSA) is 76.3 Å². The summed E-state index contributed by atoms with van der Waals surface area (Å²) in [7, 11) is 1.60. The molecule has 6 nitrogen and oxygen atoms in total. The molecule has 6 heteroatoms. The molecule has 1 aromatic carbocycles. The van der Waals surface area contributed by atoms with Crippen LogP contribution >= 0.6 is 0 Å². The average Bonchev–Trinajstić information content (AvgIpc) is 2.56. The van der Waals surface area contributed by atoms with Crippen LogP contribution in [0.1, 0.15) is 32.9 Å². The number of benzene rings is 1. The lowest BCUT2D eigenvalue weighted by Gasteiger charge is -2.21. The van der Waals surface area contributed by atoms with Crippen molar-refractivity contribution in [3.8, 4) is 5.75 Å². The minimum absolute atomic E-state index is 0.580. The SMILES string of the molecule is CCCc1cc(N(CC)CC)nc(Nc2ccc(OC)c(N)c2)n1. The largest absolute Gasteiger partial charge is 0.495 e. The van der Waals surface area contributed by atoms with Crippen LogP contribution in [0.4, 0.5) is 23.1 Å². The van der Waals surface area contributed by atoms with Crippen LogP contribution in [0.15, 0.2) is 24.3 Å². The number of hydrogen-bond donors (Lipinski definition) is 2. The molecule has 0 saturated heterocycles. The summed E-state index contributed by atoms with van der Waals surface area (Å²) >= 11 is 0. The third-order valence-electron chi connectivity index (χ3n) is 3.85.